The van der Waals surface area contributed by atoms with Gasteiger partial charge < -0.3 is 15.2 Å². The van der Waals surface area contributed by atoms with E-state index in [-0.39, 0.29) is 5.91 Å². The molecule has 2 N–H and O–H groups in total. The molecule has 0 spiro atoms. The number of hydrogen-bond acceptors (Lipinski definition) is 2. The first kappa shape index (κ1) is 22.0. The molecule has 0 bridgehead atoms. The van der Waals surface area contributed by atoms with Crippen LogP contribution in [0, 0.1) is 0 Å². The van der Waals surface area contributed by atoms with Crippen LogP contribution in [0.15, 0.2) is 42.5 Å². The van der Waals surface area contributed by atoms with Crippen LogP contribution >= 0.6 is 11.6 Å². The minimum absolute atomic E-state index is 0.0590. The molecule has 0 fully saturated rings. The SMILES string of the molecule is CN(C)CCCc1c(/C=C2\C(=O)Nc3cccc(-c4ccccc4Cl)c32)[nH]c2c1CCCC2. The van der Waals surface area contributed by atoms with Crippen LogP contribution in [-0.4, -0.2) is 36.4 Å². The van der Waals surface area contributed by atoms with Gasteiger partial charge in [-0.25, -0.2) is 0 Å². The van der Waals surface area contributed by atoms with Gasteiger partial charge in [0.2, 0.25) is 0 Å². The summed E-state index contributed by atoms with van der Waals surface area (Å²) in [5, 5.41) is 3.75. The Morgan fingerprint density at radius 3 is 2.64 bits per heavy atom. The highest BCUT2D eigenvalue weighted by molar-refractivity contribution is 6.37. The molecular formula is C28H30ClN3O. The van der Waals surface area contributed by atoms with Gasteiger partial charge in [0.25, 0.3) is 5.91 Å². The number of nitrogens with one attached hydrogen (secondary N) is 2. The number of aryl methyl sites for hydroxylation is 1. The van der Waals surface area contributed by atoms with Gasteiger partial charge >= 0.3 is 0 Å². The molecule has 0 saturated carbocycles. The van der Waals surface area contributed by atoms with E-state index in [4.69, 9.17) is 11.6 Å². The molecule has 1 aliphatic carbocycles. The first-order valence-corrected chi connectivity index (χ1v) is 12.2. The largest absolute Gasteiger partial charge is 0.358 e. The minimum Gasteiger partial charge on any atom is -0.358 e. The quantitative estimate of drug-likeness (QED) is 0.431. The van der Waals surface area contributed by atoms with Crippen LogP contribution in [0.2, 0.25) is 5.02 Å². The van der Waals surface area contributed by atoms with Crippen molar-refractivity contribution in [2.75, 3.05) is 26.0 Å². The second-order valence-electron chi connectivity index (χ2n) is 9.31. The first-order valence-electron chi connectivity index (χ1n) is 11.8. The van der Waals surface area contributed by atoms with Gasteiger partial charge in [-0.2, -0.15) is 0 Å². The molecule has 2 aliphatic rings. The molecule has 0 saturated heterocycles. The summed E-state index contributed by atoms with van der Waals surface area (Å²) in [6.07, 6.45) is 8.87. The fraction of sp³-hybridized carbons (Fsp3) is 0.321. The highest BCUT2D eigenvalue weighted by atomic mass is 35.5. The van der Waals surface area contributed by atoms with Crippen LogP contribution in [0.3, 0.4) is 0 Å². The number of H-pyrrole nitrogens is 1. The van der Waals surface area contributed by atoms with Crippen LogP contribution in [0.5, 0.6) is 0 Å². The molecular weight excluding hydrogens is 430 g/mol. The number of carbonyl (C=O) groups excluding carboxylic acids is 1. The zero-order chi connectivity index (χ0) is 22.9. The van der Waals surface area contributed by atoms with Gasteiger partial charge in [0.15, 0.2) is 0 Å². The number of nitrogens with zero attached hydrogens (tertiary/aromatic N) is 1. The average Bonchev–Trinajstić information content (AvgIpc) is 3.31. The molecule has 0 atom stereocenters. The van der Waals surface area contributed by atoms with Gasteiger partial charge in [0.05, 0.1) is 5.57 Å². The Bertz CT molecular complexity index is 1240. The Hall–Kier alpha value is -2.82. The van der Waals surface area contributed by atoms with Crippen molar-refractivity contribution >= 4 is 34.8 Å². The molecule has 1 amide bonds. The fourth-order valence-corrected chi connectivity index (χ4v) is 5.43. The van der Waals surface area contributed by atoms with Crippen LogP contribution in [-0.2, 0) is 24.1 Å². The lowest BCUT2D eigenvalue weighted by molar-refractivity contribution is -0.110. The third kappa shape index (κ3) is 4.25. The molecule has 2 heterocycles. The highest BCUT2D eigenvalue weighted by Crippen LogP contribution is 2.43. The highest BCUT2D eigenvalue weighted by Gasteiger charge is 2.29. The van der Waals surface area contributed by atoms with E-state index >= 15 is 0 Å². The molecule has 0 unspecified atom stereocenters. The Morgan fingerprint density at radius 2 is 1.82 bits per heavy atom. The number of benzene rings is 2. The summed E-state index contributed by atoms with van der Waals surface area (Å²) in [5.74, 6) is -0.0590. The monoisotopic (exact) mass is 459 g/mol. The topological polar surface area (TPSA) is 48.1 Å². The second kappa shape index (κ2) is 9.20. The standard InChI is InChI=1S/C28H30ClN3O/c1-32(2)16-8-12-20-19-10-4-6-14-24(19)30-26(20)17-22-27-21(18-9-3-5-13-23(18)29)11-7-15-25(27)31-28(22)33/h3,5,7,9,11,13,15,17,30H,4,6,8,10,12,14,16H2,1-2H3,(H,31,33)/b22-17-. The number of aromatic amines is 1. The fourth-order valence-electron chi connectivity index (χ4n) is 5.19. The molecule has 5 rings (SSSR count). The Labute approximate surface area is 200 Å². The summed E-state index contributed by atoms with van der Waals surface area (Å²) in [5.41, 5.74) is 9.70. The minimum atomic E-state index is -0.0590. The number of amides is 1. The third-order valence-electron chi connectivity index (χ3n) is 6.75. The van der Waals surface area contributed by atoms with Gasteiger partial charge in [-0.1, -0.05) is 41.9 Å². The normalized spacial score (nSPS) is 16.2. The summed E-state index contributed by atoms with van der Waals surface area (Å²) in [6.45, 7) is 1.05. The molecule has 2 aromatic carbocycles. The van der Waals surface area contributed by atoms with E-state index in [0.29, 0.717) is 10.6 Å². The Kier molecular flexibility index (Phi) is 6.13. The van der Waals surface area contributed by atoms with Crippen molar-refractivity contribution in [3.8, 4) is 11.1 Å². The number of hydrogen-bond donors (Lipinski definition) is 2. The Balaban J connectivity index is 1.61. The third-order valence-corrected chi connectivity index (χ3v) is 7.08. The summed E-state index contributed by atoms with van der Waals surface area (Å²) >= 11 is 6.55. The number of rotatable bonds is 6. The number of carbonyl (C=O) groups is 1. The van der Waals surface area contributed by atoms with Crippen molar-refractivity contribution in [2.24, 2.45) is 0 Å². The van der Waals surface area contributed by atoms with Crippen molar-refractivity contribution in [3.05, 3.63) is 75.6 Å². The molecule has 1 aliphatic heterocycles. The molecule has 3 aromatic rings. The lowest BCUT2D eigenvalue weighted by Crippen LogP contribution is -2.14. The average molecular weight is 460 g/mol. The molecule has 170 valence electrons. The maximum atomic E-state index is 13.1. The number of aromatic nitrogens is 1. The Morgan fingerprint density at radius 1 is 1.03 bits per heavy atom. The van der Waals surface area contributed by atoms with Crippen molar-refractivity contribution in [3.63, 3.8) is 0 Å². The predicted octanol–water partition coefficient (Wildman–Crippen LogP) is 6.20. The zero-order valence-electron chi connectivity index (χ0n) is 19.3. The van der Waals surface area contributed by atoms with Gasteiger partial charge in [0.1, 0.15) is 0 Å². The predicted molar refractivity (Wildman–Crippen MR) is 138 cm³/mol. The number of fused-ring (bicyclic) bond motifs is 2. The van der Waals surface area contributed by atoms with Gasteiger partial charge in [0, 0.05) is 33.2 Å². The van der Waals surface area contributed by atoms with Crippen molar-refractivity contribution in [1.29, 1.82) is 0 Å². The lowest BCUT2D eigenvalue weighted by Gasteiger charge is -2.14. The molecule has 5 heteroatoms. The maximum Gasteiger partial charge on any atom is 0.256 e. The van der Waals surface area contributed by atoms with E-state index in [0.717, 1.165) is 60.3 Å². The first-order chi connectivity index (χ1) is 16.0. The zero-order valence-corrected chi connectivity index (χ0v) is 20.1. The van der Waals surface area contributed by atoms with Gasteiger partial charge in [-0.3, -0.25) is 4.79 Å². The van der Waals surface area contributed by atoms with Crippen LogP contribution in [0.25, 0.3) is 22.8 Å². The maximum absolute atomic E-state index is 13.1. The molecule has 33 heavy (non-hydrogen) atoms. The van der Waals surface area contributed by atoms with Crippen molar-refractivity contribution < 1.29 is 4.79 Å². The van der Waals surface area contributed by atoms with Crippen LogP contribution in [0.4, 0.5) is 5.69 Å². The van der Waals surface area contributed by atoms with Crippen molar-refractivity contribution in [2.45, 2.75) is 38.5 Å². The van der Waals surface area contributed by atoms with E-state index in [1.54, 1.807) is 0 Å². The number of halogens is 1. The van der Waals surface area contributed by atoms with Gasteiger partial charge in [-0.15, -0.1) is 0 Å². The summed E-state index contributed by atoms with van der Waals surface area (Å²) < 4.78 is 0. The van der Waals surface area contributed by atoms with Crippen LogP contribution < -0.4 is 5.32 Å². The van der Waals surface area contributed by atoms with Crippen LogP contribution in [0.1, 0.15) is 47.3 Å². The molecule has 1 aromatic heterocycles. The van der Waals surface area contributed by atoms with E-state index in [1.807, 2.05) is 42.5 Å². The smallest absolute Gasteiger partial charge is 0.256 e. The summed E-state index contributed by atoms with van der Waals surface area (Å²) in [4.78, 5) is 19.1. The lowest BCUT2D eigenvalue weighted by atomic mass is 9.91. The van der Waals surface area contributed by atoms with E-state index < -0.39 is 0 Å². The molecule has 0 radical (unpaired) electrons. The van der Waals surface area contributed by atoms with Gasteiger partial charge in [-0.05, 0) is 94.1 Å². The second-order valence-corrected chi connectivity index (χ2v) is 9.72. The summed E-state index contributed by atoms with van der Waals surface area (Å²) in [6, 6.07) is 13.8. The molecule has 4 nitrogen and oxygen atoms in total. The summed E-state index contributed by atoms with van der Waals surface area (Å²) in [7, 11) is 4.23. The van der Waals surface area contributed by atoms with E-state index in [1.165, 1.54) is 29.7 Å². The number of anilines is 1. The van der Waals surface area contributed by atoms with E-state index in [2.05, 4.69) is 35.4 Å². The van der Waals surface area contributed by atoms with Crippen molar-refractivity contribution in [1.82, 2.24) is 9.88 Å². The van der Waals surface area contributed by atoms with E-state index in [9.17, 15) is 4.79 Å².